The lowest BCUT2D eigenvalue weighted by Gasteiger charge is -2.13. The van der Waals surface area contributed by atoms with Crippen LogP contribution < -0.4 is 0 Å². The molecule has 0 saturated heterocycles. The lowest BCUT2D eigenvalue weighted by molar-refractivity contribution is 0.0412. The van der Waals surface area contributed by atoms with Gasteiger partial charge >= 0.3 is 11.9 Å². The van der Waals surface area contributed by atoms with E-state index in [-0.39, 0.29) is 23.0 Å². The number of hydrogen-bond donors (Lipinski definition) is 0. The van der Waals surface area contributed by atoms with Crippen molar-refractivity contribution in [2.24, 2.45) is 11.8 Å². The molecule has 0 bridgehead atoms. The Morgan fingerprint density at radius 1 is 0.955 bits per heavy atom. The maximum Gasteiger partial charge on any atom is 0.339 e. The van der Waals surface area contributed by atoms with E-state index in [9.17, 15) is 9.59 Å². The van der Waals surface area contributed by atoms with Crippen molar-refractivity contribution in [1.29, 1.82) is 0 Å². The van der Waals surface area contributed by atoms with E-state index >= 15 is 0 Å². The fourth-order valence-corrected chi connectivity index (χ4v) is 2.00. The van der Waals surface area contributed by atoms with Gasteiger partial charge in [0.1, 0.15) is 0 Å². The van der Waals surface area contributed by atoms with E-state index in [2.05, 4.69) is 15.9 Å². The van der Waals surface area contributed by atoms with Crippen molar-refractivity contribution >= 4 is 27.9 Å². The summed E-state index contributed by atoms with van der Waals surface area (Å²) in [6.07, 6.45) is 0. The summed E-state index contributed by atoms with van der Waals surface area (Å²) in [4.78, 5) is 24.5. The minimum Gasteiger partial charge on any atom is -0.462 e. The highest BCUT2D eigenvalue weighted by Gasteiger charge is 2.21. The predicted octanol–water partition coefficient (Wildman–Crippen LogP) is 4.38. The maximum atomic E-state index is 12.2. The van der Waals surface area contributed by atoms with Crippen LogP contribution in [0.5, 0.6) is 0 Å². The number of carbonyl (C=O) groups is 2. The van der Waals surface area contributed by atoms with Crippen molar-refractivity contribution in [3.8, 4) is 0 Å². The van der Waals surface area contributed by atoms with E-state index < -0.39 is 11.9 Å². The highest BCUT2D eigenvalue weighted by molar-refractivity contribution is 9.10. The molecule has 22 heavy (non-hydrogen) atoms. The molecule has 1 aromatic rings. The molecule has 122 valence electrons. The summed E-state index contributed by atoms with van der Waals surface area (Å²) >= 11 is 3.38. The van der Waals surface area contributed by atoms with Gasteiger partial charge < -0.3 is 9.47 Å². The summed E-state index contributed by atoms with van der Waals surface area (Å²) < 4.78 is 11.2. The molecule has 0 aromatic heterocycles. The van der Waals surface area contributed by atoms with Crippen LogP contribution in [-0.2, 0) is 9.47 Å². The number of hydrogen-bond acceptors (Lipinski definition) is 4. The Kier molecular flexibility index (Phi) is 7.07. The third-order valence-electron chi connectivity index (χ3n) is 2.83. The molecule has 5 heteroatoms. The van der Waals surface area contributed by atoms with Crippen molar-refractivity contribution in [2.45, 2.75) is 34.6 Å². The summed E-state index contributed by atoms with van der Waals surface area (Å²) in [5.74, 6) is -0.544. The third-order valence-corrected chi connectivity index (χ3v) is 3.69. The fourth-order valence-electron chi connectivity index (χ4n) is 1.66. The van der Waals surface area contributed by atoms with Crippen LogP contribution in [0.4, 0.5) is 0 Å². The number of ether oxygens (including phenoxy) is 2. The van der Waals surface area contributed by atoms with Crippen LogP contribution in [0.3, 0.4) is 0 Å². The lowest BCUT2D eigenvalue weighted by Crippen LogP contribution is -2.17. The highest BCUT2D eigenvalue weighted by Crippen LogP contribution is 2.23. The molecule has 0 aliphatic rings. The van der Waals surface area contributed by atoms with E-state index in [1.165, 1.54) is 0 Å². The average Bonchev–Trinajstić information content (AvgIpc) is 2.44. The number of carbonyl (C=O) groups excluding carboxylic acids is 2. The number of aryl methyl sites for hydroxylation is 1. The first-order valence-corrected chi connectivity index (χ1v) is 8.16. The van der Waals surface area contributed by atoms with Crippen molar-refractivity contribution in [3.05, 3.63) is 33.3 Å². The molecule has 0 atom stereocenters. The van der Waals surface area contributed by atoms with Gasteiger partial charge in [-0.25, -0.2) is 9.59 Å². The van der Waals surface area contributed by atoms with Gasteiger partial charge in [-0.3, -0.25) is 0 Å². The molecule has 0 aliphatic carbocycles. The highest BCUT2D eigenvalue weighted by atomic mass is 79.9. The molecule has 0 heterocycles. The number of halogens is 1. The van der Waals surface area contributed by atoms with Gasteiger partial charge in [0, 0.05) is 4.47 Å². The first-order chi connectivity index (χ1) is 10.2. The van der Waals surface area contributed by atoms with Gasteiger partial charge in [0.25, 0.3) is 0 Å². The van der Waals surface area contributed by atoms with Crippen LogP contribution in [0.1, 0.15) is 54.0 Å². The summed E-state index contributed by atoms with van der Waals surface area (Å²) in [5, 5.41) is 0. The second-order valence-corrected chi connectivity index (χ2v) is 6.99. The van der Waals surface area contributed by atoms with Crippen LogP contribution in [-0.4, -0.2) is 25.2 Å². The first-order valence-electron chi connectivity index (χ1n) is 7.36. The van der Waals surface area contributed by atoms with Crippen LogP contribution in [0.2, 0.25) is 0 Å². The molecular formula is C17H23BrO4. The van der Waals surface area contributed by atoms with E-state index in [0.29, 0.717) is 13.2 Å². The second-order valence-electron chi connectivity index (χ2n) is 6.13. The normalized spacial score (nSPS) is 10.9. The molecule has 0 fully saturated rings. The van der Waals surface area contributed by atoms with Crippen LogP contribution in [0, 0.1) is 18.8 Å². The molecule has 4 nitrogen and oxygen atoms in total. The Morgan fingerprint density at radius 3 is 1.77 bits per heavy atom. The van der Waals surface area contributed by atoms with Gasteiger partial charge in [-0.2, -0.15) is 0 Å². The quantitative estimate of drug-likeness (QED) is 0.697. The Labute approximate surface area is 140 Å². The first kappa shape index (κ1) is 18.7. The van der Waals surface area contributed by atoms with E-state index in [1.54, 1.807) is 12.1 Å². The van der Waals surface area contributed by atoms with Crippen LogP contribution in [0.25, 0.3) is 0 Å². The van der Waals surface area contributed by atoms with Gasteiger partial charge in [0.2, 0.25) is 0 Å². The molecule has 1 rings (SSSR count). The Hall–Kier alpha value is -1.36. The topological polar surface area (TPSA) is 52.6 Å². The van der Waals surface area contributed by atoms with E-state index in [1.807, 2.05) is 34.6 Å². The molecule has 1 aromatic carbocycles. The van der Waals surface area contributed by atoms with Gasteiger partial charge in [0.05, 0.1) is 24.3 Å². The minimum absolute atomic E-state index is 0.229. The Balaban J connectivity index is 3.06. The molecule has 0 aliphatic heterocycles. The minimum atomic E-state index is -0.508. The Bertz CT molecular complexity index is 501. The standard InChI is InChI=1S/C17H23BrO4/c1-10(2)8-21-16(19)13-6-12(5)15(18)7-14(13)17(20)22-9-11(3)4/h6-7,10-11H,8-9H2,1-5H3. The largest absolute Gasteiger partial charge is 0.462 e. The predicted molar refractivity (Wildman–Crippen MR) is 89.1 cm³/mol. The summed E-state index contributed by atoms with van der Waals surface area (Å²) in [6.45, 7) is 10.3. The monoisotopic (exact) mass is 370 g/mol. The number of benzene rings is 1. The van der Waals surface area contributed by atoms with Crippen LogP contribution >= 0.6 is 15.9 Å². The number of esters is 2. The van der Waals surface area contributed by atoms with Gasteiger partial charge in [0.15, 0.2) is 0 Å². The van der Waals surface area contributed by atoms with Crippen molar-refractivity contribution < 1.29 is 19.1 Å². The summed E-state index contributed by atoms with van der Waals surface area (Å²) in [7, 11) is 0. The van der Waals surface area contributed by atoms with Crippen molar-refractivity contribution in [1.82, 2.24) is 0 Å². The van der Waals surface area contributed by atoms with Crippen molar-refractivity contribution in [3.63, 3.8) is 0 Å². The third kappa shape index (κ3) is 5.44. The van der Waals surface area contributed by atoms with E-state index in [0.717, 1.165) is 10.0 Å². The summed E-state index contributed by atoms with van der Waals surface area (Å²) in [6, 6.07) is 3.27. The lowest BCUT2D eigenvalue weighted by atomic mass is 10.0. The van der Waals surface area contributed by atoms with Crippen LogP contribution in [0.15, 0.2) is 16.6 Å². The second kappa shape index (κ2) is 8.32. The van der Waals surface area contributed by atoms with Gasteiger partial charge in [-0.1, -0.05) is 43.6 Å². The smallest absolute Gasteiger partial charge is 0.339 e. The van der Waals surface area contributed by atoms with Gasteiger partial charge in [-0.05, 0) is 36.5 Å². The Morgan fingerprint density at radius 2 is 1.36 bits per heavy atom. The zero-order valence-electron chi connectivity index (χ0n) is 13.7. The summed E-state index contributed by atoms with van der Waals surface area (Å²) in [5.41, 5.74) is 1.33. The van der Waals surface area contributed by atoms with Gasteiger partial charge in [-0.15, -0.1) is 0 Å². The number of rotatable bonds is 6. The van der Waals surface area contributed by atoms with E-state index in [4.69, 9.17) is 9.47 Å². The zero-order valence-corrected chi connectivity index (χ0v) is 15.3. The maximum absolute atomic E-state index is 12.2. The SMILES string of the molecule is Cc1cc(C(=O)OCC(C)C)c(C(=O)OCC(C)C)cc1Br. The van der Waals surface area contributed by atoms with Crippen molar-refractivity contribution in [2.75, 3.05) is 13.2 Å². The average molecular weight is 371 g/mol. The molecule has 0 amide bonds. The fraction of sp³-hybridized carbons (Fsp3) is 0.529. The molecule has 0 radical (unpaired) electrons. The zero-order chi connectivity index (χ0) is 16.9. The molecule has 0 spiro atoms. The molecular weight excluding hydrogens is 348 g/mol. The molecule has 0 saturated carbocycles. The molecule has 0 N–H and O–H groups in total. The molecule has 0 unspecified atom stereocenters.